The molecule has 5 heteroatoms. The Balaban J connectivity index is 2.92. The Kier molecular flexibility index (Phi) is 6.24. The van der Waals surface area contributed by atoms with Crippen LogP contribution in [0.15, 0.2) is 0 Å². The van der Waals surface area contributed by atoms with E-state index in [2.05, 4.69) is 32.8 Å². The molecule has 0 unspecified atom stereocenters. The van der Waals surface area contributed by atoms with Crippen LogP contribution < -0.4 is 5.73 Å². The zero-order valence-corrected chi connectivity index (χ0v) is 14.3. The first-order valence-corrected chi connectivity index (χ1v) is 7.82. The fourth-order valence-electron chi connectivity index (χ4n) is 2.22. The number of aromatic nitrogens is 2. The summed E-state index contributed by atoms with van der Waals surface area (Å²) in [5.41, 5.74) is 7.75. The highest BCUT2D eigenvalue weighted by atomic mass is 16.2. The lowest BCUT2D eigenvalue weighted by molar-refractivity contribution is 0.0731. The molecule has 0 saturated carbocycles. The van der Waals surface area contributed by atoms with Gasteiger partial charge < -0.3 is 10.6 Å². The van der Waals surface area contributed by atoms with Crippen molar-refractivity contribution in [3.8, 4) is 0 Å². The second-order valence-corrected chi connectivity index (χ2v) is 6.63. The van der Waals surface area contributed by atoms with Gasteiger partial charge in [0.15, 0.2) is 0 Å². The van der Waals surface area contributed by atoms with Crippen LogP contribution in [-0.2, 0) is 7.05 Å². The lowest BCUT2D eigenvalue weighted by atomic mass is 10.1. The van der Waals surface area contributed by atoms with E-state index in [0.717, 1.165) is 25.9 Å². The largest absolute Gasteiger partial charge is 0.395 e. The summed E-state index contributed by atoms with van der Waals surface area (Å²) in [6.45, 7) is 12.1. The zero-order valence-electron chi connectivity index (χ0n) is 14.3. The first kappa shape index (κ1) is 17.5. The third kappa shape index (κ3) is 4.76. The Labute approximate surface area is 128 Å². The Morgan fingerprint density at radius 1 is 1.19 bits per heavy atom. The summed E-state index contributed by atoms with van der Waals surface area (Å²) in [5, 5.41) is 4.25. The summed E-state index contributed by atoms with van der Waals surface area (Å²) in [6.07, 6.45) is 2.00. The molecule has 1 amide bonds. The number of hydrogen-bond acceptors (Lipinski definition) is 3. The number of anilines is 1. The van der Waals surface area contributed by atoms with Crippen LogP contribution >= 0.6 is 0 Å². The molecule has 0 aliphatic heterocycles. The number of nitrogens with zero attached hydrogens (tertiary/aromatic N) is 3. The molecule has 5 nitrogen and oxygen atoms in total. The molecule has 120 valence electrons. The molecule has 0 aliphatic carbocycles. The van der Waals surface area contributed by atoms with E-state index in [-0.39, 0.29) is 5.91 Å². The van der Waals surface area contributed by atoms with Crippen molar-refractivity contribution in [2.45, 2.75) is 47.5 Å². The Morgan fingerprint density at radius 2 is 1.67 bits per heavy atom. The molecule has 1 rings (SSSR count). The molecule has 0 atom stereocenters. The van der Waals surface area contributed by atoms with Crippen molar-refractivity contribution in [1.29, 1.82) is 0 Å². The van der Waals surface area contributed by atoms with E-state index in [1.807, 2.05) is 11.8 Å². The SMILES string of the molecule is Cc1nn(C)c(C(=O)N(CCC(C)C)CCC(C)C)c1N. The van der Waals surface area contributed by atoms with E-state index in [9.17, 15) is 4.79 Å². The minimum Gasteiger partial charge on any atom is -0.395 e. The third-order valence-corrected chi connectivity index (χ3v) is 3.71. The van der Waals surface area contributed by atoms with Crippen LogP contribution in [0.1, 0.15) is 56.7 Å². The molecule has 0 saturated heterocycles. The van der Waals surface area contributed by atoms with Gasteiger partial charge in [-0.15, -0.1) is 0 Å². The molecular formula is C16H30N4O. The fourth-order valence-corrected chi connectivity index (χ4v) is 2.22. The van der Waals surface area contributed by atoms with Crippen molar-refractivity contribution in [2.24, 2.45) is 18.9 Å². The lowest BCUT2D eigenvalue weighted by Crippen LogP contribution is -2.35. The second kappa shape index (κ2) is 7.48. The van der Waals surface area contributed by atoms with Gasteiger partial charge in [-0.2, -0.15) is 5.10 Å². The van der Waals surface area contributed by atoms with E-state index in [1.54, 1.807) is 11.7 Å². The van der Waals surface area contributed by atoms with Gasteiger partial charge in [-0.3, -0.25) is 9.48 Å². The molecule has 0 fully saturated rings. The second-order valence-electron chi connectivity index (χ2n) is 6.63. The summed E-state index contributed by atoms with van der Waals surface area (Å²) >= 11 is 0. The third-order valence-electron chi connectivity index (χ3n) is 3.71. The van der Waals surface area contributed by atoms with Crippen LogP contribution in [0, 0.1) is 18.8 Å². The van der Waals surface area contributed by atoms with Gasteiger partial charge in [0.2, 0.25) is 0 Å². The summed E-state index contributed by atoms with van der Waals surface area (Å²) < 4.78 is 1.60. The predicted octanol–water partition coefficient (Wildman–Crippen LogP) is 2.85. The molecule has 0 aromatic carbocycles. The maximum atomic E-state index is 12.8. The van der Waals surface area contributed by atoms with Crippen molar-refractivity contribution >= 4 is 11.6 Å². The highest BCUT2D eigenvalue weighted by Crippen LogP contribution is 2.19. The highest BCUT2D eigenvalue weighted by molar-refractivity contribution is 5.98. The standard InChI is InChI=1S/C16H30N4O/c1-11(2)7-9-20(10-8-12(3)4)16(21)15-14(17)13(5)18-19(15)6/h11-12H,7-10,17H2,1-6H3. The predicted molar refractivity (Wildman–Crippen MR) is 87.2 cm³/mol. The van der Waals surface area contributed by atoms with Gasteiger partial charge in [-0.1, -0.05) is 27.7 Å². The number of nitrogen functional groups attached to an aromatic ring is 1. The molecule has 21 heavy (non-hydrogen) atoms. The molecule has 1 heterocycles. The van der Waals surface area contributed by atoms with Gasteiger partial charge in [-0.25, -0.2) is 0 Å². The molecule has 0 bridgehead atoms. The van der Waals surface area contributed by atoms with Crippen molar-refractivity contribution in [3.63, 3.8) is 0 Å². The van der Waals surface area contributed by atoms with Gasteiger partial charge in [0.25, 0.3) is 5.91 Å². The van der Waals surface area contributed by atoms with E-state index < -0.39 is 0 Å². The average molecular weight is 294 g/mol. The maximum absolute atomic E-state index is 12.8. The number of carbonyl (C=O) groups excluding carboxylic acids is 1. The first-order valence-electron chi connectivity index (χ1n) is 7.82. The Hall–Kier alpha value is -1.52. The van der Waals surface area contributed by atoms with E-state index in [4.69, 9.17) is 5.73 Å². The first-order chi connectivity index (χ1) is 9.73. The minimum atomic E-state index is -0.00287. The van der Waals surface area contributed by atoms with Crippen LogP contribution in [0.3, 0.4) is 0 Å². The minimum absolute atomic E-state index is 0.00287. The summed E-state index contributed by atoms with van der Waals surface area (Å²) in [4.78, 5) is 14.7. The van der Waals surface area contributed by atoms with Crippen molar-refractivity contribution in [3.05, 3.63) is 11.4 Å². The van der Waals surface area contributed by atoms with Gasteiger partial charge >= 0.3 is 0 Å². The van der Waals surface area contributed by atoms with Crippen molar-refractivity contribution in [2.75, 3.05) is 18.8 Å². The Morgan fingerprint density at radius 3 is 2.00 bits per heavy atom. The molecule has 0 aliphatic rings. The number of carbonyl (C=O) groups is 1. The topological polar surface area (TPSA) is 64.2 Å². The normalized spacial score (nSPS) is 11.4. The van der Waals surface area contributed by atoms with Gasteiger partial charge in [0.05, 0.1) is 11.4 Å². The van der Waals surface area contributed by atoms with Crippen molar-refractivity contribution < 1.29 is 4.79 Å². The smallest absolute Gasteiger partial charge is 0.274 e. The van der Waals surface area contributed by atoms with Gasteiger partial charge in [-0.05, 0) is 31.6 Å². The van der Waals surface area contributed by atoms with Gasteiger partial charge in [0.1, 0.15) is 5.69 Å². The van der Waals surface area contributed by atoms with Crippen LogP contribution in [0.25, 0.3) is 0 Å². The van der Waals surface area contributed by atoms with Crippen LogP contribution in [0.4, 0.5) is 5.69 Å². The molecule has 1 aromatic rings. The molecule has 0 spiro atoms. The molecule has 0 radical (unpaired) electrons. The van der Waals surface area contributed by atoms with Crippen molar-refractivity contribution in [1.82, 2.24) is 14.7 Å². The average Bonchev–Trinajstić information content (AvgIpc) is 2.62. The molecule has 1 aromatic heterocycles. The monoisotopic (exact) mass is 294 g/mol. The van der Waals surface area contributed by atoms with Crippen LogP contribution in [0.5, 0.6) is 0 Å². The number of rotatable bonds is 7. The number of aryl methyl sites for hydroxylation is 2. The summed E-state index contributed by atoms with van der Waals surface area (Å²) in [5.74, 6) is 1.15. The summed E-state index contributed by atoms with van der Waals surface area (Å²) in [6, 6.07) is 0. The number of amides is 1. The molecular weight excluding hydrogens is 264 g/mol. The summed E-state index contributed by atoms with van der Waals surface area (Å²) in [7, 11) is 1.78. The highest BCUT2D eigenvalue weighted by Gasteiger charge is 2.23. The van der Waals surface area contributed by atoms with Gasteiger partial charge in [0, 0.05) is 20.1 Å². The number of hydrogen-bond donors (Lipinski definition) is 1. The van der Waals surface area contributed by atoms with E-state index in [0.29, 0.717) is 28.9 Å². The Bertz CT molecular complexity index is 465. The lowest BCUT2D eigenvalue weighted by Gasteiger charge is -2.24. The van der Waals surface area contributed by atoms with Crippen LogP contribution in [-0.4, -0.2) is 33.7 Å². The molecule has 2 N–H and O–H groups in total. The quantitative estimate of drug-likeness (QED) is 0.841. The zero-order chi connectivity index (χ0) is 16.2. The van der Waals surface area contributed by atoms with E-state index >= 15 is 0 Å². The fraction of sp³-hybridized carbons (Fsp3) is 0.750. The maximum Gasteiger partial charge on any atom is 0.274 e. The number of nitrogens with two attached hydrogens (primary N) is 1. The van der Waals surface area contributed by atoms with Crippen LogP contribution in [0.2, 0.25) is 0 Å². The van der Waals surface area contributed by atoms with E-state index in [1.165, 1.54) is 0 Å².